The highest BCUT2D eigenvalue weighted by Gasteiger charge is 2.25. The fourth-order valence-corrected chi connectivity index (χ4v) is 2.52. The molecule has 0 aliphatic carbocycles. The van der Waals surface area contributed by atoms with Gasteiger partial charge in [0.15, 0.2) is 0 Å². The number of nitrogens with one attached hydrogen (secondary N) is 1. The lowest BCUT2D eigenvalue weighted by Crippen LogP contribution is -1.88. The zero-order chi connectivity index (χ0) is 15.8. The quantitative estimate of drug-likeness (QED) is 0.459. The van der Waals surface area contributed by atoms with Crippen LogP contribution in [-0.4, -0.2) is 25.5 Å². The van der Waals surface area contributed by atoms with Crippen molar-refractivity contribution in [2.24, 2.45) is 0 Å². The molecule has 0 aliphatic rings. The van der Waals surface area contributed by atoms with E-state index in [9.17, 15) is 10.1 Å². The fourth-order valence-electron chi connectivity index (χ4n) is 2.52. The van der Waals surface area contributed by atoms with E-state index in [0.29, 0.717) is 33.5 Å². The van der Waals surface area contributed by atoms with Crippen LogP contribution in [0, 0.1) is 10.1 Å². The Morgan fingerprint density at radius 3 is 2.61 bits per heavy atom. The Labute approximate surface area is 128 Å². The summed E-state index contributed by atoms with van der Waals surface area (Å²) in [6.07, 6.45) is 0. The van der Waals surface area contributed by atoms with Gasteiger partial charge in [0.1, 0.15) is 16.1 Å². The number of H-pyrrole nitrogens is 1. The van der Waals surface area contributed by atoms with Crippen molar-refractivity contribution in [3.63, 3.8) is 0 Å². The average Bonchev–Trinajstić information content (AvgIpc) is 3.22. The molecule has 2 aromatic heterocycles. The molecule has 8 nitrogen and oxygen atoms in total. The number of aromatic amines is 1. The number of furan rings is 1. The molecule has 4 rings (SSSR count). The molecular weight excluding hydrogens is 298 g/mol. The first-order valence-corrected chi connectivity index (χ1v) is 6.74. The summed E-state index contributed by atoms with van der Waals surface area (Å²) in [7, 11) is 0. The van der Waals surface area contributed by atoms with Gasteiger partial charge in [0.25, 0.3) is 0 Å². The van der Waals surface area contributed by atoms with Crippen LogP contribution in [0.2, 0.25) is 0 Å². The van der Waals surface area contributed by atoms with Crippen LogP contribution in [0.25, 0.3) is 33.5 Å². The number of hydrogen-bond donors (Lipinski definition) is 1. The minimum atomic E-state index is -0.518. The predicted molar refractivity (Wildman–Crippen MR) is 81.5 cm³/mol. The summed E-state index contributed by atoms with van der Waals surface area (Å²) in [6.45, 7) is 0. The van der Waals surface area contributed by atoms with Crippen molar-refractivity contribution in [1.29, 1.82) is 0 Å². The number of hydrogen-bond acceptors (Lipinski definition) is 6. The lowest BCUT2D eigenvalue weighted by Gasteiger charge is -1.99. The Morgan fingerprint density at radius 2 is 1.91 bits per heavy atom. The van der Waals surface area contributed by atoms with Crippen LogP contribution in [0.5, 0.6) is 0 Å². The summed E-state index contributed by atoms with van der Waals surface area (Å²) in [5, 5.41) is 25.7. The van der Waals surface area contributed by atoms with E-state index in [0.717, 1.165) is 0 Å². The van der Waals surface area contributed by atoms with Gasteiger partial charge in [0.2, 0.25) is 5.82 Å². The molecule has 1 N–H and O–H groups in total. The summed E-state index contributed by atoms with van der Waals surface area (Å²) < 4.78 is 5.42. The molecule has 112 valence electrons. The van der Waals surface area contributed by atoms with E-state index in [4.69, 9.17) is 4.42 Å². The number of benzene rings is 2. The highest BCUT2D eigenvalue weighted by Crippen LogP contribution is 2.40. The van der Waals surface area contributed by atoms with Crippen LogP contribution in [0.3, 0.4) is 0 Å². The third kappa shape index (κ3) is 2.13. The normalized spacial score (nSPS) is 11.0. The van der Waals surface area contributed by atoms with Crippen molar-refractivity contribution in [2.75, 3.05) is 0 Å². The predicted octanol–water partition coefficient (Wildman–Crippen LogP) is 3.19. The Morgan fingerprint density at radius 1 is 1.09 bits per heavy atom. The van der Waals surface area contributed by atoms with E-state index in [1.54, 1.807) is 30.3 Å². The van der Waals surface area contributed by atoms with Crippen molar-refractivity contribution in [3.8, 4) is 22.5 Å². The van der Waals surface area contributed by atoms with Crippen LogP contribution in [0.1, 0.15) is 0 Å². The third-order valence-corrected chi connectivity index (χ3v) is 3.50. The van der Waals surface area contributed by atoms with Gasteiger partial charge in [0, 0.05) is 10.9 Å². The molecule has 8 heteroatoms. The summed E-state index contributed by atoms with van der Waals surface area (Å²) in [5.74, 6) is 0.131. The van der Waals surface area contributed by atoms with E-state index >= 15 is 0 Å². The molecule has 0 unspecified atom stereocenters. The zero-order valence-corrected chi connectivity index (χ0v) is 11.6. The number of nitro groups is 1. The second-order valence-electron chi connectivity index (χ2n) is 4.85. The van der Waals surface area contributed by atoms with E-state index in [1.165, 1.54) is 0 Å². The van der Waals surface area contributed by atoms with Crippen molar-refractivity contribution in [3.05, 3.63) is 58.6 Å². The first-order valence-electron chi connectivity index (χ1n) is 6.74. The summed E-state index contributed by atoms with van der Waals surface area (Å²) in [4.78, 5) is 10.8. The Balaban J connectivity index is 2.02. The first kappa shape index (κ1) is 13.1. The molecule has 0 fully saturated rings. The van der Waals surface area contributed by atoms with E-state index in [-0.39, 0.29) is 5.88 Å². The smallest absolute Gasteiger partial charge is 0.400 e. The molecule has 0 saturated carbocycles. The molecule has 0 saturated heterocycles. The molecule has 0 amide bonds. The molecule has 23 heavy (non-hydrogen) atoms. The van der Waals surface area contributed by atoms with Crippen molar-refractivity contribution >= 4 is 16.9 Å². The van der Waals surface area contributed by atoms with Crippen molar-refractivity contribution in [1.82, 2.24) is 20.6 Å². The van der Waals surface area contributed by atoms with Crippen LogP contribution in [0.15, 0.2) is 52.9 Å². The Kier molecular flexibility index (Phi) is 2.87. The molecule has 2 aromatic carbocycles. The first-order chi connectivity index (χ1) is 11.2. The average molecular weight is 307 g/mol. The van der Waals surface area contributed by atoms with E-state index in [1.807, 2.05) is 18.2 Å². The van der Waals surface area contributed by atoms with Gasteiger partial charge in [-0.3, -0.25) is 10.1 Å². The largest absolute Gasteiger partial charge is 0.442 e. The van der Waals surface area contributed by atoms with Crippen LogP contribution >= 0.6 is 0 Å². The lowest BCUT2D eigenvalue weighted by molar-refractivity contribution is -0.400. The Bertz CT molecular complexity index is 993. The maximum atomic E-state index is 11.4. The molecule has 4 aromatic rings. The monoisotopic (exact) mass is 307 g/mol. The molecular formula is C15H9N5O3. The maximum absolute atomic E-state index is 11.4. The highest BCUT2D eigenvalue weighted by atomic mass is 16.6. The summed E-state index contributed by atoms with van der Waals surface area (Å²) in [6, 6.07) is 14.3. The van der Waals surface area contributed by atoms with Crippen LogP contribution in [-0.2, 0) is 0 Å². The molecule has 0 spiro atoms. The van der Waals surface area contributed by atoms with Gasteiger partial charge in [-0.1, -0.05) is 30.3 Å². The second kappa shape index (κ2) is 5.02. The third-order valence-electron chi connectivity index (χ3n) is 3.50. The summed E-state index contributed by atoms with van der Waals surface area (Å²) >= 11 is 0. The van der Waals surface area contributed by atoms with Crippen LogP contribution < -0.4 is 0 Å². The number of tetrazole rings is 1. The van der Waals surface area contributed by atoms with Gasteiger partial charge in [-0.15, -0.1) is 10.2 Å². The number of fused-ring (bicyclic) bond motifs is 1. The second-order valence-corrected chi connectivity index (χ2v) is 4.85. The number of rotatable bonds is 3. The van der Waals surface area contributed by atoms with Crippen molar-refractivity contribution < 1.29 is 9.34 Å². The number of nitrogens with zero attached hydrogens (tertiary/aromatic N) is 4. The van der Waals surface area contributed by atoms with E-state index in [2.05, 4.69) is 20.6 Å². The standard InChI is InChI=1S/C15H9N5O3/c21-20(22)15-13(9-4-2-1-3-5-9)11-8-10(6-7-12(11)23-15)14-16-18-19-17-14/h1-8H,(H,16,17,18,19). The summed E-state index contributed by atoms with van der Waals surface area (Å²) in [5.41, 5.74) is 2.28. The number of aromatic nitrogens is 4. The fraction of sp³-hybridized carbons (Fsp3) is 0. The molecule has 0 radical (unpaired) electrons. The highest BCUT2D eigenvalue weighted by molar-refractivity contribution is 6.00. The van der Waals surface area contributed by atoms with Gasteiger partial charge in [0.05, 0.1) is 0 Å². The molecule has 0 bridgehead atoms. The zero-order valence-electron chi connectivity index (χ0n) is 11.6. The lowest BCUT2D eigenvalue weighted by atomic mass is 10.0. The van der Waals surface area contributed by atoms with Gasteiger partial charge in [-0.25, -0.2) is 0 Å². The molecule has 0 aliphatic heterocycles. The Hall–Kier alpha value is -3.55. The van der Waals surface area contributed by atoms with Gasteiger partial charge in [-0.05, 0) is 29.0 Å². The maximum Gasteiger partial charge on any atom is 0.442 e. The van der Waals surface area contributed by atoms with Gasteiger partial charge < -0.3 is 4.42 Å². The van der Waals surface area contributed by atoms with Gasteiger partial charge >= 0.3 is 5.88 Å². The topological polar surface area (TPSA) is 111 Å². The minimum Gasteiger partial charge on any atom is -0.400 e. The van der Waals surface area contributed by atoms with Crippen LogP contribution in [0.4, 0.5) is 5.88 Å². The van der Waals surface area contributed by atoms with E-state index < -0.39 is 4.92 Å². The SMILES string of the molecule is O=[N+]([O-])c1oc2ccc(-c3nn[nH]n3)cc2c1-c1ccccc1. The minimum absolute atomic E-state index is 0.281. The van der Waals surface area contributed by atoms with Crippen molar-refractivity contribution in [2.45, 2.75) is 0 Å². The van der Waals surface area contributed by atoms with Gasteiger partial charge in [-0.2, -0.15) is 5.21 Å². The molecule has 0 atom stereocenters. The molecule has 2 heterocycles.